The van der Waals surface area contributed by atoms with Gasteiger partial charge >= 0.3 is 0 Å². The Labute approximate surface area is 169 Å². The third kappa shape index (κ3) is 4.89. The normalized spacial score (nSPS) is 12.1. The van der Waals surface area contributed by atoms with Gasteiger partial charge in [0.05, 0.1) is 26.0 Å². The van der Waals surface area contributed by atoms with Crippen LogP contribution in [0.3, 0.4) is 0 Å². The summed E-state index contributed by atoms with van der Waals surface area (Å²) < 4.78 is 16.2. The largest absolute Gasteiger partial charge is 0.497 e. The number of benzene rings is 2. The molecule has 0 bridgehead atoms. The van der Waals surface area contributed by atoms with Gasteiger partial charge in [0.2, 0.25) is 0 Å². The van der Waals surface area contributed by atoms with Gasteiger partial charge in [-0.1, -0.05) is 18.2 Å². The Hall–Kier alpha value is -3.45. The summed E-state index contributed by atoms with van der Waals surface area (Å²) >= 11 is 0. The molecule has 0 aliphatic rings. The van der Waals surface area contributed by atoms with Gasteiger partial charge in [0.1, 0.15) is 11.5 Å². The lowest BCUT2D eigenvalue weighted by atomic mass is 10.0. The maximum absolute atomic E-state index is 12.8. The van der Waals surface area contributed by atoms with Crippen LogP contribution in [0.25, 0.3) is 10.9 Å². The van der Waals surface area contributed by atoms with Crippen LogP contribution >= 0.6 is 0 Å². The Balaban J connectivity index is 1.81. The summed E-state index contributed by atoms with van der Waals surface area (Å²) in [5.74, 6) is 0.898. The number of hydrogen-bond acceptors (Lipinski definition) is 6. The summed E-state index contributed by atoms with van der Waals surface area (Å²) in [6.45, 7) is 2.22. The van der Waals surface area contributed by atoms with Gasteiger partial charge in [-0.3, -0.25) is 9.78 Å². The van der Waals surface area contributed by atoms with Gasteiger partial charge in [0.25, 0.3) is 5.91 Å². The minimum absolute atomic E-state index is 0.366. The molecule has 0 fully saturated rings. The molecule has 0 saturated carbocycles. The van der Waals surface area contributed by atoms with E-state index in [1.54, 1.807) is 38.6 Å². The molecule has 29 heavy (non-hydrogen) atoms. The van der Waals surface area contributed by atoms with Crippen molar-refractivity contribution < 1.29 is 19.0 Å². The Morgan fingerprint density at radius 1 is 1.14 bits per heavy atom. The average Bonchev–Trinajstić information content (AvgIpc) is 2.76. The van der Waals surface area contributed by atoms with Gasteiger partial charge in [0.15, 0.2) is 6.10 Å². The van der Waals surface area contributed by atoms with Crippen molar-refractivity contribution in [1.82, 2.24) is 10.4 Å². The molecule has 7 heteroatoms. The summed E-state index contributed by atoms with van der Waals surface area (Å²) in [7, 11) is 3.15. The molecule has 0 spiro atoms. The Morgan fingerprint density at radius 3 is 2.59 bits per heavy atom. The molecule has 3 aromatic rings. The predicted octanol–water partition coefficient (Wildman–Crippen LogP) is 3.48. The van der Waals surface area contributed by atoms with Gasteiger partial charge in [0, 0.05) is 29.8 Å². The number of aromatic nitrogens is 1. The molecule has 1 unspecified atom stereocenters. The Bertz CT molecular complexity index is 992. The van der Waals surface area contributed by atoms with Crippen LogP contribution in [-0.2, 0) is 9.53 Å². The van der Waals surface area contributed by atoms with Crippen LogP contribution in [-0.4, -0.2) is 37.9 Å². The molecule has 0 radical (unpaired) electrons. The third-order valence-electron chi connectivity index (χ3n) is 4.30. The molecular formula is C22H23N3O4. The number of amides is 1. The molecule has 0 aliphatic carbocycles. The molecule has 1 amide bonds. The van der Waals surface area contributed by atoms with E-state index in [0.717, 1.165) is 22.0 Å². The summed E-state index contributed by atoms with van der Waals surface area (Å²) in [6.07, 6.45) is 2.44. The molecular weight excluding hydrogens is 370 g/mol. The average molecular weight is 393 g/mol. The first kappa shape index (κ1) is 20.3. The SMILES string of the molecule is CCOC(C(=O)NN=Cc1cc(OC)cc(OC)c1)c1cccc2ncccc12. The number of nitrogens with zero attached hydrogens (tertiary/aromatic N) is 2. The van der Waals surface area contributed by atoms with Gasteiger partial charge in [-0.15, -0.1) is 0 Å². The first-order chi connectivity index (χ1) is 14.2. The molecule has 7 nitrogen and oxygen atoms in total. The highest BCUT2D eigenvalue weighted by Gasteiger charge is 2.22. The van der Waals surface area contributed by atoms with Crippen LogP contribution < -0.4 is 14.9 Å². The van der Waals surface area contributed by atoms with Crippen LogP contribution in [0.1, 0.15) is 24.2 Å². The highest BCUT2D eigenvalue weighted by atomic mass is 16.5. The summed E-state index contributed by atoms with van der Waals surface area (Å²) in [6, 6.07) is 14.7. The van der Waals surface area contributed by atoms with E-state index in [4.69, 9.17) is 14.2 Å². The van der Waals surface area contributed by atoms with Crippen LogP contribution in [0.15, 0.2) is 59.8 Å². The van der Waals surface area contributed by atoms with Gasteiger partial charge in [-0.25, -0.2) is 5.43 Å². The molecule has 1 aromatic heterocycles. The maximum Gasteiger partial charge on any atom is 0.273 e. The fourth-order valence-corrected chi connectivity index (χ4v) is 2.96. The molecule has 150 valence electrons. The number of pyridine rings is 1. The van der Waals surface area contributed by atoms with Crippen molar-refractivity contribution in [3.05, 3.63) is 65.9 Å². The van der Waals surface area contributed by atoms with Gasteiger partial charge in [-0.05, 0) is 36.8 Å². The van der Waals surface area contributed by atoms with E-state index in [1.807, 2.05) is 37.3 Å². The molecule has 0 saturated heterocycles. The standard InChI is InChI=1S/C22H23N3O4/c1-4-29-21(19-7-5-9-20-18(19)8-6-10-23-20)22(26)25-24-14-15-11-16(27-2)13-17(12-15)28-3/h5-14,21H,4H2,1-3H3,(H,25,26). The third-order valence-corrected chi connectivity index (χ3v) is 4.30. The number of carbonyl (C=O) groups excluding carboxylic acids is 1. The monoisotopic (exact) mass is 393 g/mol. The number of rotatable bonds is 8. The van der Waals surface area contributed by atoms with Gasteiger partial charge in [-0.2, -0.15) is 5.10 Å². The van der Waals surface area contributed by atoms with Crippen molar-refractivity contribution in [3.63, 3.8) is 0 Å². The van der Waals surface area contributed by atoms with Crippen LogP contribution in [0.5, 0.6) is 11.5 Å². The van der Waals surface area contributed by atoms with Crippen molar-refractivity contribution in [3.8, 4) is 11.5 Å². The van der Waals surface area contributed by atoms with Crippen LogP contribution in [0.4, 0.5) is 0 Å². The van der Waals surface area contributed by atoms with E-state index in [0.29, 0.717) is 18.1 Å². The second kappa shape index (κ2) is 9.66. The number of fused-ring (bicyclic) bond motifs is 1. The van der Waals surface area contributed by atoms with Gasteiger partial charge < -0.3 is 14.2 Å². The van der Waals surface area contributed by atoms with E-state index in [9.17, 15) is 4.79 Å². The van der Waals surface area contributed by atoms with Crippen LogP contribution in [0, 0.1) is 0 Å². The van der Waals surface area contributed by atoms with E-state index >= 15 is 0 Å². The molecule has 1 N–H and O–H groups in total. The highest BCUT2D eigenvalue weighted by molar-refractivity contribution is 5.91. The van der Waals surface area contributed by atoms with Crippen molar-refractivity contribution in [2.24, 2.45) is 5.10 Å². The molecule has 2 aromatic carbocycles. The smallest absolute Gasteiger partial charge is 0.273 e. The fraction of sp³-hybridized carbons (Fsp3) is 0.227. The van der Waals surface area contributed by atoms with Crippen molar-refractivity contribution >= 4 is 23.0 Å². The highest BCUT2D eigenvalue weighted by Crippen LogP contribution is 2.26. The first-order valence-electron chi connectivity index (χ1n) is 9.17. The predicted molar refractivity (Wildman–Crippen MR) is 111 cm³/mol. The fourth-order valence-electron chi connectivity index (χ4n) is 2.96. The summed E-state index contributed by atoms with van der Waals surface area (Å²) in [5.41, 5.74) is 4.83. The summed E-state index contributed by atoms with van der Waals surface area (Å²) in [5, 5.41) is 4.94. The minimum atomic E-state index is -0.801. The zero-order valence-corrected chi connectivity index (χ0v) is 16.6. The number of nitrogens with one attached hydrogen (secondary N) is 1. The topological polar surface area (TPSA) is 82.0 Å². The zero-order valence-electron chi connectivity index (χ0n) is 16.6. The Morgan fingerprint density at radius 2 is 1.90 bits per heavy atom. The second-order valence-corrected chi connectivity index (χ2v) is 6.13. The molecule has 3 rings (SSSR count). The Kier molecular flexibility index (Phi) is 6.76. The van der Waals surface area contributed by atoms with E-state index < -0.39 is 6.10 Å². The van der Waals surface area contributed by atoms with Crippen LogP contribution in [0.2, 0.25) is 0 Å². The number of hydrogen-bond donors (Lipinski definition) is 1. The molecule has 0 aliphatic heterocycles. The molecule has 1 heterocycles. The van der Waals surface area contributed by atoms with Crippen molar-refractivity contribution in [1.29, 1.82) is 0 Å². The second-order valence-electron chi connectivity index (χ2n) is 6.13. The molecule has 1 atom stereocenters. The van der Waals surface area contributed by atoms with E-state index in [-0.39, 0.29) is 5.91 Å². The maximum atomic E-state index is 12.8. The lowest BCUT2D eigenvalue weighted by molar-refractivity contribution is -0.132. The van der Waals surface area contributed by atoms with Crippen molar-refractivity contribution in [2.45, 2.75) is 13.0 Å². The number of methoxy groups -OCH3 is 2. The summed E-state index contributed by atoms with van der Waals surface area (Å²) in [4.78, 5) is 17.1. The lowest BCUT2D eigenvalue weighted by Crippen LogP contribution is -2.27. The van der Waals surface area contributed by atoms with E-state index in [2.05, 4.69) is 15.5 Å². The minimum Gasteiger partial charge on any atom is -0.497 e. The zero-order chi connectivity index (χ0) is 20.6. The van der Waals surface area contributed by atoms with Crippen molar-refractivity contribution in [2.75, 3.05) is 20.8 Å². The number of ether oxygens (including phenoxy) is 3. The first-order valence-corrected chi connectivity index (χ1v) is 9.17. The quantitative estimate of drug-likeness (QED) is 0.468. The number of hydrazone groups is 1. The number of carbonyl (C=O) groups is 1. The lowest BCUT2D eigenvalue weighted by Gasteiger charge is -2.17. The van der Waals surface area contributed by atoms with E-state index in [1.165, 1.54) is 6.21 Å².